The minimum Gasteiger partial charge on any atom is -0.454 e. The number of rotatable bonds is 4. The molecule has 8 heteroatoms. The molecular formula is C16H20N4O4. The van der Waals surface area contributed by atoms with E-state index in [9.17, 15) is 9.59 Å². The Bertz CT molecular complexity index is 735. The maximum atomic E-state index is 12.2. The Morgan fingerprint density at radius 2 is 1.96 bits per heavy atom. The SMILES string of the molecule is CC1CN(C(=O)COC(=O)Cn2nnc3ccccc32)CC(C)O1. The number of fused-ring (bicyclic) bond motifs is 1. The number of carbonyl (C=O) groups excluding carboxylic acids is 2. The Hall–Kier alpha value is -2.48. The van der Waals surface area contributed by atoms with Crippen LogP contribution in [0.4, 0.5) is 0 Å². The maximum absolute atomic E-state index is 12.2. The maximum Gasteiger partial charge on any atom is 0.328 e. The van der Waals surface area contributed by atoms with Crippen molar-refractivity contribution in [3.63, 3.8) is 0 Å². The lowest BCUT2D eigenvalue weighted by Gasteiger charge is -2.35. The number of para-hydroxylation sites is 1. The summed E-state index contributed by atoms with van der Waals surface area (Å²) in [6.45, 7) is 4.49. The highest BCUT2D eigenvalue weighted by Crippen LogP contribution is 2.11. The van der Waals surface area contributed by atoms with Gasteiger partial charge in [-0.25, -0.2) is 4.68 Å². The summed E-state index contributed by atoms with van der Waals surface area (Å²) >= 11 is 0. The third kappa shape index (κ3) is 3.70. The molecule has 0 bridgehead atoms. The molecule has 0 aliphatic carbocycles. The van der Waals surface area contributed by atoms with Crippen molar-refractivity contribution in [2.24, 2.45) is 0 Å². The number of amides is 1. The van der Waals surface area contributed by atoms with E-state index in [1.165, 1.54) is 4.68 Å². The molecule has 1 fully saturated rings. The molecule has 1 saturated heterocycles. The minimum absolute atomic E-state index is 0.0186. The van der Waals surface area contributed by atoms with Gasteiger partial charge in [-0.15, -0.1) is 5.10 Å². The van der Waals surface area contributed by atoms with Gasteiger partial charge in [-0.05, 0) is 26.0 Å². The molecule has 0 spiro atoms. The summed E-state index contributed by atoms with van der Waals surface area (Å²) in [6.07, 6.45) is -0.0372. The quantitative estimate of drug-likeness (QED) is 0.763. The van der Waals surface area contributed by atoms with Crippen molar-refractivity contribution in [1.82, 2.24) is 19.9 Å². The van der Waals surface area contributed by atoms with Crippen LogP contribution in [0.15, 0.2) is 24.3 Å². The van der Waals surface area contributed by atoms with Crippen LogP contribution in [0.25, 0.3) is 11.0 Å². The number of aromatic nitrogens is 3. The van der Waals surface area contributed by atoms with Crippen LogP contribution in [0, 0.1) is 0 Å². The Kier molecular flexibility index (Phi) is 4.75. The Morgan fingerprint density at radius 3 is 2.71 bits per heavy atom. The molecule has 1 aromatic carbocycles. The van der Waals surface area contributed by atoms with Crippen LogP contribution in [0.1, 0.15) is 13.8 Å². The number of morpholine rings is 1. The van der Waals surface area contributed by atoms with E-state index in [4.69, 9.17) is 9.47 Å². The highest BCUT2D eigenvalue weighted by Gasteiger charge is 2.26. The number of nitrogens with zero attached hydrogens (tertiary/aromatic N) is 4. The van der Waals surface area contributed by atoms with Gasteiger partial charge in [-0.3, -0.25) is 9.59 Å². The van der Waals surface area contributed by atoms with Crippen LogP contribution in [0.2, 0.25) is 0 Å². The number of hydrogen-bond acceptors (Lipinski definition) is 6. The molecule has 0 N–H and O–H groups in total. The van der Waals surface area contributed by atoms with E-state index >= 15 is 0 Å². The first-order chi connectivity index (χ1) is 11.5. The summed E-state index contributed by atoms with van der Waals surface area (Å²) in [5, 5.41) is 7.90. The molecule has 3 rings (SSSR count). The van der Waals surface area contributed by atoms with Crippen LogP contribution in [-0.4, -0.2) is 63.7 Å². The predicted octanol–water partition coefficient (Wildman–Crippen LogP) is 0.610. The van der Waals surface area contributed by atoms with Gasteiger partial charge >= 0.3 is 5.97 Å². The average molecular weight is 332 g/mol. The largest absolute Gasteiger partial charge is 0.454 e. The van der Waals surface area contributed by atoms with Gasteiger partial charge in [0.05, 0.1) is 17.7 Å². The number of esters is 1. The molecule has 0 radical (unpaired) electrons. The molecule has 128 valence electrons. The van der Waals surface area contributed by atoms with E-state index in [0.29, 0.717) is 18.6 Å². The summed E-state index contributed by atoms with van der Waals surface area (Å²) in [7, 11) is 0. The second-order valence-corrected chi connectivity index (χ2v) is 5.95. The molecule has 8 nitrogen and oxygen atoms in total. The van der Waals surface area contributed by atoms with E-state index in [1.807, 2.05) is 38.1 Å². The third-order valence-corrected chi connectivity index (χ3v) is 3.83. The zero-order chi connectivity index (χ0) is 17.1. The zero-order valence-corrected chi connectivity index (χ0v) is 13.7. The Balaban J connectivity index is 1.53. The molecule has 0 saturated carbocycles. The van der Waals surface area contributed by atoms with Crippen LogP contribution >= 0.6 is 0 Å². The standard InChI is InChI=1S/C16H20N4O4/c1-11-7-19(8-12(2)24-11)15(21)10-23-16(22)9-20-14-6-4-3-5-13(14)17-18-20/h3-6,11-12H,7-10H2,1-2H3. The average Bonchev–Trinajstić information content (AvgIpc) is 2.95. The fraction of sp³-hybridized carbons (Fsp3) is 0.500. The van der Waals surface area contributed by atoms with Gasteiger partial charge in [0.15, 0.2) is 6.61 Å². The van der Waals surface area contributed by atoms with Gasteiger partial charge in [-0.2, -0.15) is 0 Å². The first-order valence-corrected chi connectivity index (χ1v) is 7.90. The van der Waals surface area contributed by atoms with Crippen molar-refractivity contribution in [1.29, 1.82) is 0 Å². The Morgan fingerprint density at radius 1 is 1.25 bits per heavy atom. The first kappa shape index (κ1) is 16.4. The van der Waals surface area contributed by atoms with Gasteiger partial charge in [0.2, 0.25) is 0 Å². The lowest BCUT2D eigenvalue weighted by molar-refractivity contribution is -0.157. The monoisotopic (exact) mass is 332 g/mol. The summed E-state index contributed by atoms with van der Waals surface area (Å²) in [5.74, 6) is -0.734. The summed E-state index contributed by atoms with van der Waals surface area (Å²) < 4.78 is 12.1. The molecule has 1 aliphatic heterocycles. The van der Waals surface area contributed by atoms with Crippen LogP contribution in [0.5, 0.6) is 0 Å². The van der Waals surface area contributed by atoms with Crippen molar-refractivity contribution < 1.29 is 19.1 Å². The smallest absolute Gasteiger partial charge is 0.328 e. The number of benzene rings is 1. The number of carbonyl (C=O) groups is 2. The molecule has 2 heterocycles. The fourth-order valence-electron chi connectivity index (χ4n) is 2.82. The van der Waals surface area contributed by atoms with Crippen LogP contribution in [-0.2, 0) is 25.6 Å². The van der Waals surface area contributed by atoms with E-state index in [1.54, 1.807) is 4.90 Å². The van der Waals surface area contributed by atoms with Crippen molar-refractivity contribution in [3.8, 4) is 0 Å². The highest BCUT2D eigenvalue weighted by molar-refractivity contribution is 5.81. The van der Waals surface area contributed by atoms with E-state index in [0.717, 1.165) is 5.52 Å². The first-order valence-electron chi connectivity index (χ1n) is 7.90. The molecule has 1 amide bonds. The second kappa shape index (κ2) is 6.96. The summed E-state index contributed by atoms with van der Waals surface area (Å²) in [4.78, 5) is 25.8. The number of hydrogen-bond donors (Lipinski definition) is 0. The highest BCUT2D eigenvalue weighted by atomic mass is 16.5. The van der Waals surface area contributed by atoms with E-state index in [2.05, 4.69) is 10.3 Å². The second-order valence-electron chi connectivity index (χ2n) is 5.95. The molecule has 24 heavy (non-hydrogen) atoms. The van der Waals surface area contributed by atoms with Crippen molar-refractivity contribution in [2.45, 2.75) is 32.6 Å². The topological polar surface area (TPSA) is 86.6 Å². The molecule has 1 aromatic heterocycles. The van der Waals surface area contributed by atoms with Crippen LogP contribution in [0.3, 0.4) is 0 Å². The van der Waals surface area contributed by atoms with Gasteiger partial charge in [0, 0.05) is 13.1 Å². The van der Waals surface area contributed by atoms with Gasteiger partial charge < -0.3 is 14.4 Å². The fourth-order valence-corrected chi connectivity index (χ4v) is 2.82. The summed E-state index contributed by atoms with van der Waals surface area (Å²) in [5.41, 5.74) is 1.45. The van der Waals surface area contributed by atoms with E-state index in [-0.39, 0.29) is 31.3 Å². The number of ether oxygens (including phenoxy) is 2. The molecule has 2 aromatic rings. The third-order valence-electron chi connectivity index (χ3n) is 3.83. The predicted molar refractivity (Wildman–Crippen MR) is 85.1 cm³/mol. The minimum atomic E-state index is -0.520. The van der Waals surface area contributed by atoms with Crippen LogP contribution < -0.4 is 0 Å². The Labute approximate surface area is 139 Å². The molecule has 2 atom stereocenters. The molecule has 2 unspecified atom stereocenters. The van der Waals surface area contributed by atoms with Crippen molar-refractivity contribution in [2.75, 3.05) is 19.7 Å². The molecule has 1 aliphatic rings. The van der Waals surface area contributed by atoms with E-state index < -0.39 is 5.97 Å². The van der Waals surface area contributed by atoms with Crippen molar-refractivity contribution >= 4 is 22.9 Å². The zero-order valence-electron chi connectivity index (χ0n) is 13.7. The normalized spacial score (nSPS) is 21.0. The lowest BCUT2D eigenvalue weighted by Crippen LogP contribution is -2.49. The lowest BCUT2D eigenvalue weighted by atomic mass is 10.2. The molecular weight excluding hydrogens is 312 g/mol. The van der Waals surface area contributed by atoms with Gasteiger partial charge in [-0.1, -0.05) is 17.3 Å². The van der Waals surface area contributed by atoms with Gasteiger partial charge in [0.25, 0.3) is 5.91 Å². The summed E-state index contributed by atoms with van der Waals surface area (Å²) in [6, 6.07) is 7.33. The van der Waals surface area contributed by atoms with Crippen molar-refractivity contribution in [3.05, 3.63) is 24.3 Å². The van der Waals surface area contributed by atoms with Gasteiger partial charge in [0.1, 0.15) is 12.1 Å².